The zero-order valence-corrected chi connectivity index (χ0v) is 12.3. The highest BCUT2D eigenvalue weighted by molar-refractivity contribution is 5.85. The maximum Gasteiger partial charge on any atom is 0.329 e. The van der Waals surface area contributed by atoms with Crippen LogP contribution in [0.3, 0.4) is 0 Å². The quantitative estimate of drug-likeness (QED) is 0.892. The Bertz CT molecular complexity index is 474. The molecule has 0 atom stereocenters. The number of pyridine rings is 1. The van der Waals surface area contributed by atoms with Crippen LogP contribution in [0.25, 0.3) is 0 Å². The number of carbonyl (C=O) groups is 2. The van der Waals surface area contributed by atoms with Crippen molar-refractivity contribution in [3.63, 3.8) is 0 Å². The molecule has 0 unspecified atom stereocenters. The molecular weight excluding hydrogens is 258 g/mol. The first-order chi connectivity index (χ1) is 9.30. The largest absolute Gasteiger partial charge is 0.480 e. The highest BCUT2D eigenvalue weighted by Crippen LogP contribution is 2.16. The first kappa shape index (κ1) is 15.9. The molecule has 0 radical (unpaired) electrons. The van der Waals surface area contributed by atoms with Crippen LogP contribution in [0.15, 0.2) is 24.4 Å². The van der Waals surface area contributed by atoms with Gasteiger partial charge in [0, 0.05) is 19.8 Å². The van der Waals surface area contributed by atoms with Crippen LogP contribution < -0.4 is 0 Å². The van der Waals surface area contributed by atoms with Crippen molar-refractivity contribution in [3.8, 4) is 0 Å². The van der Waals surface area contributed by atoms with Gasteiger partial charge in [-0.15, -0.1) is 0 Å². The summed E-state index contributed by atoms with van der Waals surface area (Å²) < 4.78 is 0. The zero-order chi connectivity index (χ0) is 15.3. The molecule has 2 amide bonds. The van der Waals surface area contributed by atoms with Gasteiger partial charge in [0.05, 0.1) is 12.2 Å². The van der Waals surface area contributed by atoms with E-state index in [9.17, 15) is 14.7 Å². The number of rotatable bonds is 5. The molecule has 1 rings (SSSR count). The molecule has 0 aromatic carbocycles. The van der Waals surface area contributed by atoms with Gasteiger partial charge in [-0.1, -0.05) is 6.07 Å². The normalized spacial score (nSPS) is 11.0. The van der Waals surface area contributed by atoms with Gasteiger partial charge in [0.2, 0.25) is 0 Å². The van der Waals surface area contributed by atoms with E-state index in [0.29, 0.717) is 13.1 Å². The van der Waals surface area contributed by atoms with E-state index in [1.807, 2.05) is 19.1 Å². The molecule has 110 valence electrons. The van der Waals surface area contributed by atoms with Gasteiger partial charge >= 0.3 is 12.0 Å². The smallest absolute Gasteiger partial charge is 0.329 e. The summed E-state index contributed by atoms with van der Waals surface area (Å²) >= 11 is 0. The molecule has 1 heterocycles. The topological polar surface area (TPSA) is 73.7 Å². The van der Waals surface area contributed by atoms with Gasteiger partial charge in [-0.2, -0.15) is 0 Å². The van der Waals surface area contributed by atoms with Crippen molar-refractivity contribution in [2.75, 3.05) is 13.6 Å². The summed E-state index contributed by atoms with van der Waals surface area (Å²) in [5.41, 5.74) is -0.488. The fraction of sp³-hybridized carbons (Fsp3) is 0.500. The molecule has 0 aliphatic carbocycles. The van der Waals surface area contributed by atoms with Crippen LogP contribution in [-0.2, 0) is 11.3 Å². The van der Waals surface area contributed by atoms with E-state index in [2.05, 4.69) is 4.98 Å². The number of carboxylic acids is 1. The number of carboxylic acid groups (broad SMARTS) is 1. The van der Waals surface area contributed by atoms with E-state index in [0.717, 1.165) is 5.69 Å². The Morgan fingerprint density at radius 3 is 2.45 bits per heavy atom. The number of hydrogen-bond acceptors (Lipinski definition) is 3. The summed E-state index contributed by atoms with van der Waals surface area (Å²) in [5, 5.41) is 9.18. The minimum Gasteiger partial charge on any atom is -0.480 e. The van der Waals surface area contributed by atoms with E-state index in [1.54, 1.807) is 17.2 Å². The number of aromatic nitrogens is 1. The second-order valence-electron chi connectivity index (χ2n) is 5.04. The van der Waals surface area contributed by atoms with E-state index in [1.165, 1.54) is 25.8 Å². The van der Waals surface area contributed by atoms with Crippen molar-refractivity contribution in [2.45, 2.75) is 32.9 Å². The fourth-order valence-electron chi connectivity index (χ4n) is 1.60. The van der Waals surface area contributed by atoms with Crippen LogP contribution in [0.4, 0.5) is 4.79 Å². The lowest BCUT2D eigenvalue weighted by molar-refractivity contribution is -0.147. The Labute approximate surface area is 119 Å². The third-order valence-electron chi connectivity index (χ3n) is 3.38. The predicted molar refractivity (Wildman–Crippen MR) is 75.2 cm³/mol. The molecule has 0 saturated carbocycles. The van der Waals surface area contributed by atoms with Crippen molar-refractivity contribution in [1.29, 1.82) is 0 Å². The highest BCUT2D eigenvalue weighted by atomic mass is 16.4. The summed E-state index contributed by atoms with van der Waals surface area (Å²) in [6.45, 7) is 5.69. The van der Waals surface area contributed by atoms with Crippen molar-refractivity contribution in [3.05, 3.63) is 30.1 Å². The Kier molecular flexibility index (Phi) is 5.07. The predicted octanol–water partition coefficient (Wildman–Crippen LogP) is 1.82. The Hall–Kier alpha value is -2.11. The van der Waals surface area contributed by atoms with E-state index >= 15 is 0 Å². The molecule has 6 nitrogen and oxygen atoms in total. The maximum atomic E-state index is 12.4. The van der Waals surface area contributed by atoms with E-state index < -0.39 is 11.5 Å². The average Bonchev–Trinajstić information content (AvgIpc) is 2.44. The highest BCUT2D eigenvalue weighted by Gasteiger charge is 2.36. The fourth-order valence-corrected chi connectivity index (χ4v) is 1.60. The number of hydrogen-bond donors (Lipinski definition) is 1. The zero-order valence-electron chi connectivity index (χ0n) is 12.3. The van der Waals surface area contributed by atoms with Crippen molar-refractivity contribution >= 4 is 12.0 Å². The van der Waals surface area contributed by atoms with Crippen LogP contribution in [0.2, 0.25) is 0 Å². The second-order valence-corrected chi connectivity index (χ2v) is 5.04. The molecule has 6 heteroatoms. The Morgan fingerprint density at radius 1 is 1.35 bits per heavy atom. The monoisotopic (exact) mass is 279 g/mol. The van der Waals surface area contributed by atoms with Crippen molar-refractivity contribution in [1.82, 2.24) is 14.8 Å². The van der Waals surface area contributed by atoms with Crippen LogP contribution >= 0.6 is 0 Å². The number of likely N-dealkylation sites (N-methyl/N-ethyl adjacent to an activating group) is 1. The van der Waals surface area contributed by atoms with Gasteiger partial charge in [-0.3, -0.25) is 4.98 Å². The van der Waals surface area contributed by atoms with Gasteiger partial charge < -0.3 is 14.9 Å². The van der Waals surface area contributed by atoms with Crippen LogP contribution in [-0.4, -0.2) is 51.0 Å². The minimum atomic E-state index is -1.26. The molecule has 20 heavy (non-hydrogen) atoms. The summed E-state index contributed by atoms with van der Waals surface area (Å²) in [5.74, 6) is -1.04. The van der Waals surface area contributed by atoms with Crippen LogP contribution in [0.1, 0.15) is 26.5 Å². The Balaban J connectivity index is 2.85. The second kappa shape index (κ2) is 6.36. The van der Waals surface area contributed by atoms with Gasteiger partial charge in [-0.25, -0.2) is 9.59 Å². The molecule has 0 spiro atoms. The minimum absolute atomic E-state index is 0.328. The van der Waals surface area contributed by atoms with Crippen molar-refractivity contribution < 1.29 is 14.7 Å². The number of aliphatic carboxylic acids is 1. The average molecular weight is 279 g/mol. The van der Waals surface area contributed by atoms with Gasteiger partial charge in [0.25, 0.3) is 0 Å². The Morgan fingerprint density at radius 2 is 2.00 bits per heavy atom. The number of nitrogens with zero attached hydrogens (tertiary/aromatic N) is 3. The standard InChI is InChI=1S/C14H21N3O3/c1-5-17(10-11-8-6-7-9-15-11)13(20)16(4)14(2,3)12(18)19/h6-9H,5,10H2,1-4H3,(H,18,19). The van der Waals surface area contributed by atoms with Crippen LogP contribution in [0, 0.1) is 0 Å². The molecule has 1 aromatic heterocycles. The number of amides is 2. The van der Waals surface area contributed by atoms with Gasteiger partial charge in [-0.05, 0) is 32.9 Å². The molecular formula is C14H21N3O3. The first-order valence-corrected chi connectivity index (χ1v) is 6.46. The summed E-state index contributed by atoms with van der Waals surface area (Å²) in [6, 6.07) is 5.16. The first-order valence-electron chi connectivity index (χ1n) is 6.46. The number of carbonyl (C=O) groups excluding carboxylic acids is 1. The van der Waals surface area contributed by atoms with Crippen molar-refractivity contribution in [2.24, 2.45) is 0 Å². The summed E-state index contributed by atoms with van der Waals surface area (Å²) in [6.07, 6.45) is 1.67. The maximum absolute atomic E-state index is 12.4. The van der Waals surface area contributed by atoms with Crippen LogP contribution in [0.5, 0.6) is 0 Å². The van der Waals surface area contributed by atoms with Gasteiger partial charge in [0.1, 0.15) is 5.54 Å². The van der Waals surface area contributed by atoms with E-state index in [-0.39, 0.29) is 6.03 Å². The molecule has 1 N–H and O–H groups in total. The summed E-state index contributed by atoms with van der Waals surface area (Å²) in [4.78, 5) is 30.6. The molecule has 1 aromatic rings. The lowest BCUT2D eigenvalue weighted by atomic mass is 10.0. The van der Waals surface area contributed by atoms with Gasteiger partial charge in [0.15, 0.2) is 0 Å². The molecule has 0 aliphatic heterocycles. The SMILES string of the molecule is CCN(Cc1ccccn1)C(=O)N(C)C(C)(C)C(=O)O. The molecule has 0 aliphatic rings. The third kappa shape index (κ3) is 3.46. The van der Waals surface area contributed by atoms with E-state index in [4.69, 9.17) is 0 Å². The summed E-state index contributed by atoms with van der Waals surface area (Å²) in [7, 11) is 1.50. The lowest BCUT2D eigenvalue weighted by Crippen LogP contribution is -2.54. The molecule has 0 saturated heterocycles. The molecule has 0 fully saturated rings. The third-order valence-corrected chi connectivity index (χ3v) is 3.38. The number of urea groups is 1. The lowest BCUT2D eigenvalue weighted by Gasteiger charge is -2.35. The molecule has 0 bridgehead atoms.